The Balaban J connectivity index is 1.89. The summed E-state index contributed by atoms with van der Waals surface area (Å²) in [6, 6.07) is 9.39. The average molecular weight is 581 g/mol. The Morgan fingerprint density at radius 3 is 1.85 bits per heavy atom. The molecule has 3 rings (SSSR count). The molecule has 14 heteroatoms. The van der Waals surface area contributed by atoms with Gasteiger partial charge in [-0.1, -0.05) is 30.3 Å². The summed E-state index contributed by atoms with van der Waals surface area (Å²) in [6.07, 6.45) is 0.0479. The second-order valence-corrected chi connectivity index (χ2v) is 12.9. The lowest BCUT2D eigenvalue weighted by molar-refractivity contribution is 0.0980. The van der Waals surface area contributed by atoms with Crippen molar-refractivity contribution in [3.05, 3.63) is 71.3 Å². The molecule has 0 radical (unpaired) electrons. The van der Waals surface area contributed by atoms with E-state index in [0.29, 0.717) is 0 Å². The number of hydrogen-bond acceptors (Lipinski definition) is 10. The van der Waals surface area contributed by atoms with Crippen LogP contribution in [0.25, 0.3) is 0 Å². The molecule has 12 nitrogen and oxygen atoms in total. The number of ketones is 2. The van der Waals surface area contributed by atoms with Gasteiger partial charge in [-0.2, -0.15) is 4.31 Å². The highest BCUT2D eigenvalue weighted by molar-refractivity contribution is 7.89. The van der Waals surface area contributed by atoms with Gasteiger partial charge >= 0.3 is 0 Å². The van der Waals surface area contributed by atoms with Crippen LogP contribution < -0.4 is 15.8 Å². The number of fused-ring (bicyclic) bond motifs is 2. The minimum Gasteiger partial charge on any atom is -0.391 e. The molecular formula is C25H32N4O8S2. The SMILES string of the molecule is C=CCN(C[C@@H](O)CNc1ccc(NC[C@H](O)CCS(N)(=O)=O)c2c1C(=O)c1ccccc1C2=O)S(C)(=O)=O. The van der Waals surface area contributed by atoms with E-state index < -0.39 is 49.6 Å². The van der Waals surface area contributed by atoms with Crippen LogP contribution >= 0.6 is 0 Å². The normalized spacial score (nSPS) is 14.9. The van der Waals surface area contributed by atoms with Gasteiger partial charge in [0, 0.05) is 48.7 Å². The predicted octanol–water partition coefficient (Wildman–Crippen LogP) is 0.134. The summed E-state index contributed by atoms with van der Waals surface area (Å²) in [7, 11) is -7.35. The van der Waals surface area contributed by atoms with Crippen LogP contribution in [-0.2, 0) is 20.0 Å². The largest absolute Gasteiger partial charge is 0.391 e. The molecule has 212 valence electrons. The van der Waals surface area contributed by atoms with E-state index in [1.54, 1.807) is 12.1 Å². The number of nitrogens with two attached hydrogens (primary N) is 1. The van der Waals surface area contributed by atoms with E-state index in [2.05, 4.69) is 17.2 Å². The molecule has 2 atom stereocenters. The van der Waals surface area contributed by atoms with Crippen molar-refractivity contribution in [2.75, 3.05) is 48.8 Å². The fourth-order valence-electron chi connectivity index (χ4n) is 4.16. The fourth-order valence-corrected chi connectivity index (χ4v) is 5.58. The van der Waals surface area contributed by atoms with E-state index >= 15 is 0 Å². The van der Waals surface area contributed by atoms with Crippen LogP contribution in [0.5, 0.6) is 0 Å². The van der Waals surface area contributed by atoms with E-state index in [1.165, 1.54) is 30.3 Å². The van der Waals surface area contributed by atoms with E-state index in [1.807, 2.05) is 0 Å². The molecule has 0 spiro atoms. The summed E-state index contributed by atoms with van der Waals surface area (Å²) in [5, 5.41) is 31.6. The monoisotopic (exact) mass is 580 g/mol. The maximum atomic E-state index is 13.5. The molecule has 0 amide bonds. The highest BCUT2D eigenvalue weighted by Gasteiger charge is 2.34. The van der Waals surface area contributed by atoms with E-state index in [9.17, 15) is 36.6 Å². The predicted molar refractivity (Wildman–Crippen MR) is 148 cm³/mol. The molecule has 0 fully saturated rings. The van der Waals surface area contributed by atoms with Crippen LogP contribution in [-0.4, -0.2) is 93.3 Å². The van der Waals surface area contributed by atoms with Crippen molar-refractivity contribution < 1.29 is 36.6 Å². The van der Waals surface area contributed by atoms with Crippen molar-refractivity contribution in [2.45, 2.75) is 18.6 Å². The zero-order valence-corrected chi connectivity index (χ0v) is 23.0. The quantitative estimate of drug-likeness (QED) is 0.164. The summed E-state index contributed by atoms with van der Waals surface area (Å²) in [5.74, 6) is -1.28. The average Bonchev–Trinajstić information content (AvgIpc) is 2.86. The third-order valence-electron chi connectivity index (χ3n) is 6.08. The summed E-state index contributed by atoms with van der Waals surface area (Å²) >= 11 is 0. The molecule has 0 saturated heterocycles. The van der Waals surface area contributed by atoms with Crippen molar-refractivity contribution in [3.63, 3.8) is 0 Å². The number of anilines is 2. The van der Waals surface area contributed by atoms with Crippen molar-refractivity contribution in [1.29, 1.82) is 0 Å². The number of benzene rings is 2. The first-order valence-electron chi connectivity index (χ1n) is 12.0. The van der Waals surface area contributed by atoms with Crippen molar-refractivity contribution in [2.24, 2.45) is 5.14 Å². The van der Waals surface area contributed by atoms with Crippen molar-refractivity contribution >= 4 is 43.0 Å². The molecule has 0 aliphatic heterocycles. The number of hydrogen-bond donors (Lipinski definition) is 5. The summed E-state index contributed by atoms with van der Waals surface area (Å²) in [6.45, 7) is 3.08. The second kappa shape index (κ2) is 12.4. The Hall–Kier alpha value is -3.14. The van der Waals surface area contributed by atoms with Gasteiger partial charge in [0.2, 0.25) is 20.0 Å². The molecule has 0 heterocycles. The lowest BCUT2D eigenvalue weighted by Crippen LogP contribution is -2.39. The van der Waals surface area contributed by atoms with Gasteiger partial charge in [-0.25, -0.2) is 22.0 Å². The van der Waals surface area contributed by atoms with Gasteiger partial charge in [0.05, 0.1) is 35.3 Å². The van der Waals surface area contributed by atoms with Crippen LogP contribution in [0.15, 0.2) is 49.1 Å². The zero-order valence-electron chi connectivity index (χ0n) is 21.3. The third-order valence-corrected chi connectivity index (χ3v) is 8.12. The zero-order chi connectivity index (χ0) is 29.0. The minimum atomic E-state index is -3.76. The number of primary sulfonamides is 1. The maximum absolute atomic E-state index is 13.5. The molecule has 39 heavy (non-hydrogen) atoms. The number of sulfonamides is 2. The molecule has 2 aromatic rings. The number of nitrogens with zero attached hydrogens (tertiary/aromatic N) is 1. The van der Waals surface area contributed by atoms with Gasteiger partial charge in [0.25, 0.3) is 0 Å². The van der Waals surface area contributed by atoms with Crippen LogP contribution in [0.1, 0.15) is 38.3 Å². The third kappa shape index (κ3) is 7.71. The second-order valence-electron chi connectivity index (χ2n) is 9.21. The van der Waals surface area contributed by atoms with Crippen molar-refractivity contribution in [3.8, 4) is 0 Å². The van der Waals surface area contributed by atoms with Gasteiger partial charge in [0.15, 0.2) is 11.6 Å². The van der Waals surface area contributed by atoms with E-state index in [4.69, 9.17) is 5.14 Å². The molecule has 0 aromatic heterocycles. The molecule has 0 unspecified atom stereocenters. The highest BCUT2D eigenvalue weighted by Crippen LogP contribution is 2.36. The number of carbonyl (C=O) groups excluding carboxylic acids is 2. The lowest BCUT2D eigenvalue weighted by atomic mass is 9.82. The van der Waals surface area contributed by atoms with E-state index in [0.717, 1.165) is 10.6 Å². The first-order chi connectivity index (χ1) is 18.2. The Bertz CT molecular complexity index is 1470. The number of aliphatic hydroxyl groups excluding tert-OH is 2. The number of rotatable bonds is 14. The summed E-state index contributed by atoms with van der Waals surface area (Å²) < 4.78 is 47.3. The molecule has 0 bridgehead atoms. The number of aliphatic hydroxyl groups is 2. The summed E-state index contributed by atoms with van der Waals surface area (Å²) in [4.78, 5) is 27.0. The number of carbonyl (C=O) groups is 2. The van der Waals surface area contributed by atoms with E-state index in [-0.39, 0.29) is 66.2 Å². The Morgan fingerprint density at radius 1 is 0.923 bits per heavy atom. The molecule has 1 aliphatic carbocycles. The summed E-state index contributed by atoms with van der Waals surface area (Å²) in [5.41, 5.74) is 1.04. The molecule has 6 N–H and O–H groups in total. The van der Waals surface area contributed by atoms with Gasteiger partial charge in [-0.05, 0) is 18.6 Å². The first-order valence-corrected chi connectivity index (χ1v) is 15.5. The van der Waals surface area contributed by atoms with Gasteiger partial charge < -0.3 is 20.8 Å². The topological polar surface area (TPSA) is 196 Å². The maximum Gasteiger partial charge on any atom is 0.211 e. The van der Waals surface area contributed by atoms with Crippen LogP contribution in [0, 0.1) is 0 Å². The highest BCUT2D eigenvalue weighted by atomic mass is 32.2. The van der Waals surface area contributed by atoms with Gasteiger partial charge in [0.1, 0.15) is 0 Å². The smallest absolute Gasteiger partial charge is 0.211 e. The van der Waals surface area contributed by atoms with Gasteiger partial charge in [-0.3, -0.25) is 9.59 Å². The molecule has 0 saturated carbocycles. The standard InChI is InChI=1S/C25H32N4O8S2/c1-3-11-29(38(2,34)35)15-17(31)14-28-21-9-8-20(27-13-16(30)10-12-39(26,36)37)22-23(21)25(33)19-7-5-4-6-18(19)24(22)32/h3-9,16-17,27-28,30-31H,1,10-15H2,2H3,(H2,26,36,37)/t16-,17+/m1/s1. The van der Waals surface area contributed by atoms with Crippen molar-refractivity contribution in [1.82, 2.24) is 4.31 Å². The first kappa shape index (κ1) is 30.4. The van der Waals surface area contributed by atoms with Gasteiger partial charge in [-0.15, -0.1) is 6.58 Å². The fraction of sp³-hybridized carbons (Fsp3) is 0.360. The molecular weight excluding hydrogens is 548 g/mol. The Labute approximate surface area is 227 Å². The van der Waals surface area contributed by atoms with Crippen LogP contribution in [0.2, 0.25) is 0 Å². The Kier molecular flexibility index (Phi) is 9.64. The molecule has 2 aromatic carbocycles. The Morgan fingerprint density at radius 2 is 1.41 bits per heavy atom. The van der Waals surface area contributed by atoms with Crippen LogP contribution in [0.3, 0.4) is 0 Å². The number of nitrogens with one attached hydrogen (secondary N) is 2. The molecule has 1 aliphatic rings. The minimum absolute atomic E-state index is 0.0124. The van der Waals surface area contributed by atoms with Crippen LogP contribution in [0.4, 0.5) is 11.4 Å². The lowest BCUT2D eigenvalue weighted by Gasteiger charge is -2.26.